The van der Waals surface area contributed by atoms with Crippen LogP contribution in [-0.4, -0.2) is 21.0 Å². The van der Waals surface area contributed by atoms with Crippen molar-refractivity contribution in [1.29, 1.82) is 0 Å². The number of aromatic hydroxyl groups is 1. The van der Waals surface area contributed by atoms with E-state index in [0.717, 1.165) is 16.6 Å². The first-order valence-corrected chi connectivity index (χ1v) is 8.44. The molecule has 0 spiro atoms. The molecule has 0 radical (unpaired) electrons. The summed E-state index contributed by atoms with van der Waals surface area (Å²) >= 11 is 0. The molecule has 6 nitrogen and oxygen atoms in total. The fraction of sp³-hybridized carbons (Fsp3) is 0.0952. The van der Waals surface area contributed by atoms with E-state index in [1.807, 2.05) is 26.0 Å². The number of anilines is 1. The molecule has 2 heterocycles. The number of carbonyl (C=O) groups excluding carboxylic acids is 1. The van der Waals surface area contributed by atoms with E-state index in [-0.39, 0.29) is 11.7 Å². The van der Waals surface area contributed by atoms with Crippen LogP contribution in [0.15, 0.2) is 59.3 Å². The number of aromatic nitrogens is 2. The minimum absolute atomic E-state index is 0.0226. The molecule has 0 fully saturated rings. The highest BCUT2D eigenvalue weighted by molar-refractivity contribution is 6.04. The standard InChI is InChI=1S/C21H17N3O3/c1-12-8-17-19(9-13(12)2)27-21(24-17)16-10-15(5-6-18(16)25)23-20(26)14-4-3-7-22-11-14/h3-11,25H,1-2H3,(H,23,26). The number of aryl methyl sites for hydroxylation is 2. The van der Waals surface area contributed by atoms with Crippen LogP contribution in [0.5, 0.6) is 5.75 Å². The lowest BCUT2D eigenvalue weighted by molar-refractivity contribution is 0.102. The molecular formula is C21H17N3O3. The Bertz CT molecular complexity index is 1110. The zero-order chi connectivity index (χ0) is 19.0. The number of fused-ring (bicyclic) bond motifs is 1. The van der Waals surface area contributed by atoms with Crippen molar-refractivity contribution in [1.82, 2.24) is 9.97 Å². The zero-order valence-electron chi connectivity index (χ0n) is 14.9. The van der Waals surface area contributed by atoms with Gasteiger partial charge in [-0.25, -0.2) is 4.98 Å². The quantitative estimate of drug-likeness (QED) is 0.527. The van der Waals surface area contributed by atoms with Crippen LogP contribution in [-0.2, 0) is 0 Å². The van der Waals surface area contributed by atoms with Gasteiger partial charge in [-0.15, -0.1) is 0 Å². The Hall–Kier alpha value is -3.67. The first-order chi connectivity index (χ1) is 13.0. The monoisotopic (exact) mass is 359 g/mol. The van der Waals surface area contributed by atoms with Crippen molar-refractivity contribution in [3.8, 4) is 17.2 Å². The fourth-order valence-corrected chi connectivity index (χ4v) is 2.78. The van der Waals surface area contributed by atoms with Gasteiger partial charge in [0.1, 0.15) is 11.3 Å². The van der Waals surface area contributed by atoms with Crippen LogP contribution in [0.4, 0.5) is 5.69 Å². The number of nitrogens with one attached hydrogen (secondary N) is 1. The lowest BCUT2D eigenvalue weighted by Gasteiger charge is -2.07. The number of rotatable bonds is 3. The second-order valence-electron chi connectivity index (χ2n) is 6.35. The van der Waals surface area contributed by atoms with E-state index < -0.39 is 0 Å². The number of pyridine rings is 1. The lowest BCUT2D eigenvalue weighted by atomic mass is 10.1. The summed E-state index contributed by atoms with van der Waals surface area (Å²) in [6, 6.07) is 12.0. The number of carbonyl (C=O) groups is 1. The summed E-state index contributed by atoms with van der Waals surface area (Å²) in [6.45, 7) is 4.01. The third-order valence-electron chi connectivity index (χ3n) is 4.41. The molecule has 0 aliphatic rings. The van der Waals surface area contributed by atoms with Gasteiger partial charge in [-0.1, -0.05) is 0 Å². The van der Waals surface area contributed by atoms with Crippen LogP contribution in [0, 0.1) is 13.8 Å². The second kappa shape index (κ2) is 6.57. The Kier molecular flexibility index (Phi) is 4.08. The van der Waals surface area contributed by atoms with Crippen LogP contribution in [0.3, 0.4) is 0 Å². The SMILES string of the molecule is Cc1cc2nc(-c3cc(NC(=O)c4cccnc4)ccc3O)oc2cc1C. The Morgan fingerprint density at radius 1 is 1.11 bits per heavy atom. The number of hydrogen-bond acceptors (Lipinski definition) is 5. The second-order valence-corrected chi connectivity index (χ2v) is 6.35. The molecule has 0 aliphatic heterocycles. The number of hydrogen-bond donors (Lipinski definition) is 2. The molecule has 4 rings (SSSR count). The molecule has 27 heavy (non-hydrogen) atoms. The first-order valence-electron chi connectivity index (χ1n) is 8.44. The van der Waals surface area contributed by atoms with Crippen molar-refractivity contribution in [2.75, 3.05) is 5.32 Å². The number of phenolic OH excluding ortho intramolecular Hbond substituents is 1. The highest BCUT2D eigenvalue weighted by Crippen LogP contribution is 2.34. The van der Waals surface area contributed by atoms with Gasteiger partial charge < -0.3 is 14.8 Å². The van der Waals surface area contributed by atoms with Gasteiger partial charge in [-0.05, 0) is 67.4 Å². The molecule has 0 bridgehead atoms. The van der Waals surface area contributed by atoms with Gasteiger partial charge in [0.2, 0.25) is 5.89 Å². The van der Waals surface area contributed by atoms with Gasteiger partial charge in [0, 0.05) is 18.1 Å². The molecular weight excluding hydrogens is 342 g/mol. The predicted molar refractivity (Wildman–Crippen MR) is 103 cm³/mol. The highest BCUT2D eigenvalue weighted by atomic mass is 16.3. The van der Waals surface area contributed by atoms with Crippen molar-refractivity contribution in [2.24, 2.45) is 0 Å². The maximum Gasteiger partial charge on any atom is 0.257 e. The normalized spacial score (nSPS) is 10.9. The predicted octanol–water partition coefficient (Wildman–Crippen LogP) is 4.46. The minimum atomic E-state index is -0.288. The summed E-state index contributed by atoms with van der Waals surface area (Å²) in [7, 11) is 0. The molecule has 0 saturated heterocycles. The summed E-state index contributed by atoms with van der Waals surface area (Å²) in [6.07, 6.45) is 3.09. The van der Waals surface area contributed by atoms with Gasteiger partial charge in [0.05, 0.1) is 11.1 Å². The molecule has 4 aromatic rings. The molecule has 0 unspecified atom stereocenters. The molecule has 2 aromatic carbocycles. The van der Waals surface area contributed by atoms with Crippen LogP contribution in [0.25, 0.3) is 22.6 Å². The zero-order valence-corrected chi connectivity index (χ0v) is 14.9. The smallest absolute Gasteiger partial charge is 0.257 e. The van der Waals surface area contributed by atoms with Crippen LogP contribution < -0.4 is 5.32 Å². The van der Waals surface area contributed by atoms with Crippen LogP contribution >= 0.6 is 0 Å². The number of nitrogens with zero attached hydrogens (tertiary/aromatic N) is 2. The minimum Gasteiger partial charge on any atom is -0.507 e. The molecule has 0 atom stereocenters. The van der Waals surface area contributed by atoms with Crippen molar-refractivity contribution in [3.63, 3.8) is 0 Å². The summed E-state index contributed by atoms with van der Waals surface area (Å²) in [5.74, 6) is 0.0305. The van der Waals surface area contributed by atoms with Gasteiger partial charge in [-0.2, -0.15) is 0 Å². The van der Waals surface area contributed by atoms with Gasteiger partial charge >= 0.3 is 0 Å². The average Bonchev–Trinajstić information content (AvgIpc) is 3.06. The van der Waals surface area contributed by atoms with Crippen molar-refractivity contribution in [2.45, 2.75) is 13.8 Å². The first kappa shape index (κ1) is 16.8. The fourth-order valence-electron chi connectivity index (χ4n) is 2.78. The van der Waals surface area contributed by atoms with Gasteiger partial charge in [-0.3, -0.25) is 9.78 Å². The summed E-state index contributed by atoms with van der Waals surface area (Å²) < 4.78 is 5.82. The number of phenols is 1. The third kappa shape index (κ3) is 3.25. The topological polar surface area (TPSA) is 88.2 Å². The van der Waals surface area contributed by atoms with E-state index in [2.05, 4.69) is 15.3 Å². The Labute approximate surface area is 155 Å². The van der Waals surface area contributed by atoms with E-state index in [1.54, 1.807) is 30.5 Å². The van der Waals surface area contributed by atoms with E-state index in [9.17, 15) is 9.90 Å². The third-order valence-corrected chi connectivity index (χ3v) is 4.41. The number of amides is 1. The van der Waals surface area contributed by atoms with Crippen molar-refractivity contribution < 1.29 is 14.3 Å². The maximum atomic E-state index is 12.3. The molecule has 2 N–H and O–H groups in total. The molecule has 0 saturated carbocycles. The molecule has 1 amide bonds. The lowest BCUT2D eigenvalue weighted by Crippen LogP contribution is -2.11. The number of oxazole rings is 1. The molecule has 6 heteroatoms. The molecule has 2 aromatic heterocycles. The van der Waals surface area contributed by atoms with Crippen molar-refractivity contribution >= 4 is 22.7 Å². The summed E-state index contributed by atoms with van der Waals surface area (Å²) in [5.41, 5.74) is 4.96. The Balaban J connectivity index is 1.69. The Morgan fingerprint density at radius 2 is 1.93 bits per heavy atom. The van der Waals surface area contributed by atoms with E-state index in [4.69, 9.17) is 4.42 Å². The average molecular weight is 359 g/mol. The number of benzene rings is 2. The summed E-state index contributed by atoms with van der Waals surface area (Å²) in [4.78, 5) is 20.7. The largest absolute Gasteiger partial charge is 0.507 e. The Morgan fingerprint density at radius 3 is 2.70 bits per heavy atom. The van der Waals surface area contributed by atoms with Crippen LogP contribution in [0.1, 0.15) is 21.5 Å². The van der Waals surface area contributed by atoms with Gasteiger partial charge in [0.15, 0.2) is 5.58 Å². The van der Waals surface area contributed by atoms with Crippen LogP contribution in [0.2, 0.25) is 0 Å². The molecule has 134 valence electrons. The van der Waals surface area contributed by atoms with Gasteiger partial charge in [0.25, 0.3) is 5.91 Å². The highest BCUT2D eigenvalue weighted by Gasteiger charge is 2.15. The molecule has 0 aliphatic carbocycles. The maximum absolute atomic E-state index is 12.3. The summed E-state index contributed by atoms with van der Waals surface area (Å²) in [5, 5.41) is 13.0. The van der Waals surface area contributed by atoms with Crippen molar-refractivity contribution in [3.05, 3.63) is 71.5 Å². The van der Waals surface area contributed by atoms with E-state index >= 15 is 0 Å². The van der Waals surface area contributed by atoms with E-state index in [0.29, 0.717) is 28.3 Å². The van der Waals surface area contributed by atoms with E-state index in [1.165, 1.54) is 12.3 Å².